The average Bonchev–Trinajstić information content (AvgIpc) is 2.03. The molecular formula is C9H11Cl2NO2. The van der Waals surface area contributed by atoms with Gasteiger partial charge in [0.1, 0.15) is 0 Å². The number of carbonyl (C=O) groups is 1. The van der Waals surface area contributed by atoms with Crippen LogP contribution in [0.4, 0.5) is 0 Å². The standard InChI is InChI=1S/C9H10ClNO2.ClH/c10-7-3-1-2-6(4-7)8(11)5-9(12)13;/h1-4,8H,5,11H2,(H,12,13);1H/t8-;/m1./s1. The molecule has 1 atom stereocenters. The number of carboxylic acids is 1. The Morgan fingerprint density at radius 3 is 2.71 bits per heavy atom. The van der Waals surface area contributed by atoms with Crippen molar-refractivity contribution in [1.82, 2.24) is 0 Å². The van der Waals surface area contributed by atoms with Crippen LogP contribution in [0, 0.1) is 0 Å². The molecule has 0 unspecified atom stereocenters. The fourth-order valence-electron chi connectivity index (χ4n) is 1.04. The minimum absolute atomic E-state index is 0. The molecule has 78 valence electrons. The quantitative estimate of drug-likeness (QED) is 0.845. The van der Waals surface area contributed by atoms with Crippen molar-refractivity contribution in [3.8, 4) is 0 Å². The van der Waals surface area contributed by atoms with Gasteiger partial charge in [-0.1, -0.05) is 23.7 Å². The van der Waals surface area contributed by atoms with Gasteiger partial charge in [-0.05, 0) is 17.7 Å². The molecule has 0 aromatic heterocycles. The first-order valence-corrected chi connectivity index (χ1v) is 4.20. The Morgan fingerprint density at radius 1 is 1.57 bits per heavy atom. The Morgan fingerprint density at radius 2 is 2.21 bits per heavy atom. The zero-order chi connectivity index (χ0) is 9.84. The van der Waals surface area contributed by atoms with Crippen molar-refractivity contribution in [3.05, 3.63) is 34.9 Å². The molecule has 0 aliphatic heterocycles. The van der Waals surface area contributed by atoms with Gasteiger partial charge in [0, 0.05) is 11.1 Å². The summed E-state index contributed by atoms with van der Waals surface area (Å²) in [5.41, 5.74) is 6.37. The van der Waals surface area contributed by atoms with Crippen LogP contribution in [0.5, 0.6) is 0 Å². The van der Waals surface area contributed by atoms with E-state index < -0.39 is 12.0 Å². The number of rotatable bonds is 3. The number of hydrogen-bond acceptors (Lipinski definition) is 2. The van der Waals surface area contributed by atoms with Gasteiger partial charge in [0.25, 0.3) is 0 Å². The van der Waals surface area contributed by atoms with Gasteiger partial charge in [-0.3, -0.25) is 4.79 Å². The average molecular weight is 236 g/mol. The van der Waals surface area contributed by atoms with E-state index in [0.29, 0.717) is 5.02 Å². The minimum Gasteiger partial charge on any atom is -0.481 e. The molecular weight excluding hydrogens is 225 g/mol. The van der Waals surface area contributed by atoms with Crippen LogP contribution in [0.3, 0.4) is 0 Å². The van der Waals surface area contributed by atoms with Crippen molar-refractivity contribution < 1.29 is 9.90 Å². The highest BCUT2D eigenvalue weighted by atomic mass is 35.5. The van der Waals surface area contributed by atoms with Crippen LogP contribution in [-0.4, -0.2) is 11.1 Å². The molecule has 1 rings (SSSR count). The molecule has 14 heavy (non-hydrogen) atoms. The van der Waals surface area contributed by atoms with E-state index in [-0.39, 0.29) is 18.8 Å². The lowest BCUT2D eigenvalue weighted by molar-refractivity contribution is -0.137. The lowest BCUT2D eigenvalue weighted by Gasteiger charge is -2.08. The number of aliphatic carboxylic acids is 1. The largest absolute Gasteiger partial charge is 0.481 e. The van der Waals surface area contributed by atoms with Crippen LogP contribution in [0.15, 0.2) is 24.3 Å². The first kappa shape index (κ1) is 13.2. The third-order valence-corrected chi connectivity index (χ3v) is 1.91. The second kappa shape index (κ2) is 5.86. The second-order valence-electron chi connectivity index (χ2n) is 2.76. The maximum absolute atomic E-state index is 10.4. The molecule has 0 heterocycles. The fraction of sp³-hybridized carbons (Fsp3) is 0.222. The van der Waals surface area contributed by atoms with Crippen LogP contribution < -0.4 is 5.73 Å². The summed E-state index contributed by atoms with van der Waals surface area (Å²) in [4.78, 5) is 10.4. The zero-order valence-electron chi connectivity index (χ0n) is 7.31. The maximum Gasteiger partial charge on any atom is 0.305 e. The first-order chi connectivity index (χ1) is 6.09. The van der Waals surface area contributed by atoms with Gasteiger partial charge in [0.2, 0.25) is 0 Å². The van der Waals surface area contributed by atoms with Gasteiger partial charge in [0.05, 0.1) is 6.42 Å². The van der Waals surface area contributed by atoms with Crippen molar-refractivity contribution >= 4 is 30.0 Å². The van der Waals surface area contributed by atoms with E-state index in [1.807, 2.05) is 0 Å². The van der Waals surface area contributed by atoms with Crippen LogP contribution in [-0.2, 0) is 4.79 Å². The Bertz CT molecular complexity index is 317. The van der Waals surface area contributed by atoms with E-state index in [4.69, 9.17) is 22.4 Å². The van der Waals surface area contributed by atoms with Crippen molar-refractivity contribution in [2.24, 2.45) is 5.73 Å². The van der Waals surface area contributed by atoms with Crippen LogP contribution in [0.2, 0.25) is 5.02 Å². The normalized spacial score (nSPS) is 11.6. The Balaban J connectivity index is 0.00000169. The molecule has 0 fully saturated rings. The highest BCUT2D eigenvalue weighted by Crippen LogP contribution is 2.18. The van der Waals surface area contributed by atoms with Crippen molar-refractivity contribution in [1.29, 1.82) is 0 Å². The van der Waals surface area contributed by atoms with E-state index in [2.05, 4.69) is 0 Å². The topological polar surface area (TPSA) is 63.3 Å². The van der Waals surface area contributed by atoms with Gasteiger partial charge < -0.3 is 10.8 Å². The smallest absolute Gasteiger partial charge is 0.305 e. The van der Waals surface area contributed by atoms with Gasteiger partial charge >= 0.3 is 5.97 Å². The molecule has 0 spiro atoms. The molecule has 0 amide bonds. The van der Waals surface area contributed by atoms with Gasteiger partial charge in [-0.25, -0.2) is 0 Å². The molecule has 5 heteroatoms. The summed E-state index contributed by atoms with van der Waals surface area (Å²) in [7, 11) is 0. The first-order valence-electron chi connectivity index (χ1n) is 3.82. The zero-order valence-corrected chi connectivity index (χ0v) is 8.89. The molecule has 0 aliphatic carbocycles. The molecule has 3 nitrogen and oxygen atoms in total. The van der Waals surface area contributed by atoms with Gasteiger partial charge in [-0.15, -0.1) is 12.4 Å². The number of carboxylic acid groups (broad SMARTS) is 1. The highest BCUT2D eigenvalue weighted by Gasteiger charge is 2.10. The molecule has 3 N–H and O–H groups in total. The molecule has 0 saturated heterocycles. The minimum atomic E-state index is -0.910. The summed E-state index contributed by atoms with van der Waals surface area (Å²) in [5.74, 6) is -0.910. The lowest BCUT2D eigenvalue weighted by atomic mass is 10.1. The van der Waals surface area contributed by atoms with Crippen molar-refractivity contribution in [2.45, 2.75) is 12.5 Å². The number of halogens is 2. The summed E-state index contributed by atoms with van der Waals surface area (Å²) in [6.07, 6.45) is -0.0830. The van der Waals surface area contributed by atoms with Crippen molar-refractivity contribution in [3.63, 3.8) is 0 Å². The highest BCUT2D eigenvalue weighted by molar-refractivity contribution is 6.30. The molecule has 0 bridgehead atoms. The van der Waals surface area contributed by atoms with E-state index >= 15 is 0 Å². The van der Waals surface area contributed by atoms with Crippen LogP contribution in [0.1, 0.15) is 18.0 Å². The predicted molar refractivity (Wildman–Crippen MR) is 57.9 cm³/mol. The van der Waals surface area contributed by atoms with Gasteiger partial charge in [0.15, 0.2) is 0 Å². The number of nitrogens with two attached hydrogens (primary N) is 1. The summed E-state index contributed by atoms with van der Waals surface area (Å²) in [5, 5.41) is 9.07. The molecule has 0 radical (unpaired) electrons. The lowest BCUT2D eigenvalue weighted by Crippen LogP contribution is -2.14. The molecule has 1 aromatic carbocycles. The maximum atomic E-state index is 10.4. The van der Waals surface area contributed by atoms with E-state index in [1.54, 1.807) is 24.3 Å². The molecule has 1 aromatic rings. The monoisotopic (exact) mass is 235 g/mol. The van der Waals surface area contributed by atoms with Gasteiger partial charge in [-0.2, -0.15) is 0 Å². The number of benzene rings is 1. The SMILES string of the molecule is Cl.N[C@H](CC(=O)O)c1cccc(Cl)c1. The third kappa shape index (κ3) is 3.96. The fourth-order valence-corrected chi connectivity index (χ4v) is 1.24. The molecule has 0 aliphatic rings. The summed E-state index contributed by atoms with van der Waals surface area (Å²) < 4.78 is 0. The van der Waals surface area contributed by atoms with Crippen molar-refractivity contribution in [2.75, 3.05) is 0 Å². The Kier molecular flexibility index (Phi) is 5.53. The van der Waals surface area contributed by atoms with E-state index in [0.717, 1.165) is 5.56 Å². The summed E-state index contributed by atoms with van der Waals surface area (Å²) in [6, 6.07) is 6.42. The molecule has 0 saturated carbocycles. The summed E-state index contributed by atoms with van der Waals surface area (Å²) >= 11 is 5.72. The second-order valence-corrected chi connectivity index (χ2v) is 3.20. The Labute approximate surface area is 93.3 Å². The van der Waals surface area contributed by atoms with Crippen LogP contribution in [0.25, 0.3) is 0 Å². The summed E-state index contributed by atoms with van der Waals surface area (Å²) in [6.45, 7) is 0. The third-order valence-electron chi connectivity index (χ3n) is 1.67. The van der Waals surface area contributed by atoms with E-state index in [9.17, 15) is 4.79 Å². The van der Waals surface area contributed by atoms with E-state index in [1.165, 1.54) is 0 Å². The Hall–Kier alpha value is -0.770. The predicted octanol–water partition coefficient (Wildman–Crippen LogP) is 2.24. The van der Waals surface area contributed by atoms with Crippen LogP contribution >= 0.6 is 24.0 Å². The number of hydrogen-bond donors (Lipinski definition) is 2.